The third-order valence-electron chi connectivity index (χ3n) is 3.61. The molecule has 1 aromatic rings. The van der Waals surface area contributed by atoms with E-state index in [-0.39, 0.29) is 0 Å². The Bertz CT molecular complexity index is 356. The number of nitrogens with zero attached hydrogens (tertiary/aromatic N) is 2. The van der Waals surface area contributed by atoms with Crippen LogP contribution in [0.5, 0.6) is 0 Å². The summed E-state index contributed by atoms with van der Waals surface area (Å²) in [6.07, 6.45) is 4.55. The molecule has 3 heteroatoms. The highest BCUT2D eigenvalue weighted by molar-refractivity contribution is 5.41. The summed E-state index contributed by atoms with van der Waals surface area (Å²) in [6.45, 7) is 10.0. The van der Waals surface area contributed by atoms with E-state index < -0.39 is 0 Å². The minimum Gasteiger partial charge on any atom is -0.352 e. The zero-order chi connectivity index (χ0) is 13.1. The largest absolute Gasteiger partial charge is 0.352 e. The molecule has 1 saturated heterocycles. The molecule has 1 fully saturated rings. The summed E-state index contributed by atoms with van der Waals surface area (Å²) in [4.78, 5) is 7.01. The molecule has 2 rings (SSSR count). The third kappa shape index (κ3) is 2.83. The molecule has 0 aromatic carbocycles. The summed E-state index contributed by atoms with van der Waals surface area (Å²) < 4.78 is 0. The van der Waals surface area contributed by atoms with Crippen LogP contribution in [0.1, 0.15) is 52.1 Å². The minimum atomic E-state index is 0.480. The topological polar surface area (TPSA) is 28.2 Å². The second kappa shape index (κ2) is 5.70. The van der Waals surface area contributed by atoms with Crippen molar-refractivity contribution in [2.45, 2.75) is 58.7 Å². The predicted molar refractivity (Wildman–Crippen MR) is 77.0 cm³/mol. The maximum Gasteiger partial charge on any atom is 0.128 e. The lowest BCUT2D eigenvalue weighted by molar-refractivity contribution is 0.598. The van der Waals surface area contributed by atoms with Gasteiger partial charge in [-0.25, -0.2) is 4.98 Å². The van der Waals surface area contributed by atoms with Gasteiger partial charge in [0.05, 0.1) is 0 Å². The normalized spacial score (nSPS) is 19.8. The number of nitrogens with one attached hydrogen (secondary N) is 1. The fourth-order valence-corrected chi connectivity index (χ4v) is 2.85. The van der Waals surface area contributed by atoms with Crippen molar-refractivity contribution in [2.24, 2.45) is 0 Å². The SMILES string of the molecule is CC(C)N(c1ccc(C2CCCN2)cn1)C(C)C. The summed E-state index contributed by atoms with van der Waals surface area (Å²) in [5, 5.41) is 3.51. The molecule has 18 heavy (non-hydrogen) atoms. The van der Waals surface area contributed by atoms with Crippen LogP contribution >= 0.6 is 0 Å². The number of rotatable bonds is 4. The molecule has 100 valence electrons. The van der Waals surface area contributed by atoms with Gasteiger partial charge in [0.25, 0.3) is 0 Å². The van der Waals surface area contributed by atoms with Gasteiger partial charge in [-0.05, 0) is 58.7 Å². The molecule has 1 atom stereocenters. The molecular formula is C15H25N3. The first-order chi connectivity index (χ1) is 8.59. The summed E-state index contributed by atoms with van der Waals surface area (Å²) in [6, 6.07) is 5.86. The Kier molecular flexibility index (Phi) is 4.23. The Hall–Kier alpha value is -1.09. The minimum absolute atomic E-state index is 0.480. The van der Waals surface area contributed by atoms with Crippen molar-refractivity contribution in [3.8, 4) is 0 Å². The molecule has 1 N–H and O–H groups in total. The first kappa shape index (κ1) is 13.3. The Morgan fingerprint density at radius 1 is 1.22 bits per heavy atom. The van der Waals surface area contributed by atoms with E-state index in [0.717, 1.165) is 12.4 Å². The van der Waals surface area contributed by atoms with Crippen molar-refractivity contribution in [3.63, 3.8) is 0 Å². The van der Waals surface area contributed by atoms with Gasteiger partial charge in [0.15, 0.2) is 0 Å². The maximum atomic E-state index is 4.65. The van der Waals surface area contributed by atoms with Gasteiger partial charge in [0, 0.05) is 24.3 Å². The molecule has 0 bridgehead atoms. The highest BCUT2D eigenvalue weighted by atomic mass is 15.2. The summed E-state index contributed by atoms with van der Waals surface area (Å²) in [5.41, 5.74) is 1.32. The quantitative estimate of drug-likeness (QED) is 0.886. The van der Waals surface area contributed by atoms with Crippen LogP contribution < -0.4 is 10.2 Å². The van der Waals surface area contributed by atoms with Crippen molar-refractivity contribution >= 4 is 5.82 Å². The summed E-state index contributed by atoms with van der Waals surface area (Å²) in [7, 11) is 0. The van der Waals surface area contributed by atoms with E-state index in [4.69, 9.17) is 0 Å². The van der Waals surface area contributed by atoms with E-state index in [1.54, 1.807) is 0 Å². The molecule has 0 amide bonds. The molecule has 1 aliphatic rings. The van der Waals surface area contributed by atoms with Gasteiger partial charge in [-0.3, -0.25) is 0 Å². The molecule has 0 radical (unpaired) electrons. The van der Waals surface area contributed by atoms with E-state index in [1.165, 1.54) is 18.4 Å². The average Bonchev–Trinajstić information content (AvgIpc) is 2.82. The number of hydrogen-bond acceptors (Lipinski definition) is 3. The first-order valence-corrected chi connectivity index (χ1v) is 7.07. The lowest BCUT2D eigenvalue weighted by Gasteiger charge is -2.32. The Morgan fingerprint density at radius 3 is 2.39 bits per heavy atom. The monoisotopic (exact) mass is 247 g/mol. The zero-order valence-electron chi connectivity index (χ0n) is 12.0. The second-order valence-corrected chi connectivity index (χ2v) is 5.69. The standard InChI is InChI=1S/C15H25N3/c1-11(2)18(12(3)4)15-8-7-13(10-17-15)14-6-5-9-16-14/h7-8,10-12,14,16H,5-6,9H2,1-4H3. The number of pyridine rings is 1. The molecule has 1 unspecified atom stereocenters. The lowest BCUT2D eigenvalue weighted by Crippen LogP contribution is -2.37. The Morgan fingerprint density at radius 2 is 1.94 bits per heavy atom. The van der Waals surface area contributed by atoms with Crippen LogP contribution in [0.4, 0.5) is 5.82 Å². The molecule has 0 spiro atoms. The van der Waals surface area contributed by atoms with Crippen LogP contribution in [0.25, 0.3) is 0 Å². The fourth-order valence-electron chi connectivity index (χ4n) is 2.85. The van der Waals surface area contributed by atoms with E-state index >= 15 is 0 Å². The maximum absolute atomic E-state index is 4.65. The van der Waals surface area contributed by atoms with E-state index in [2.05, 4.69) is 55.0 Å². The van der Waals surface area contributed by atoms with E-state index in [0.29, 0.717) is 18.1 Å². The third-order valence-corrected chi connectivity index (χ3v) is 3.61. The van der Waals surface area contributed by atoms with Crippen molar-refractivity contribution in [1.29, 1.82) is 0 Å². The van der Waals surface area contributed by atoms with Gasteiger partial charge < -0.3 is 10.2 Å². The van der Waals surface area contributed by atoms with Crippen LogP contribution in [-0.2, 0) is 0 Å². The van der Waals surface area contributed by atoms with Crippen molar-refractivity contribution in [1.82, 2.24) is 10.3 Å². The van der Waals surface area contributed by atoms with Crippen molar-refractivity contribution in [3.05, 3.63) is 23.9 Å². The van der Waals surface area contributed by atoms with Gasteiger partial charge in [-0.1, -0.05) is 6.07 Å². The van der Waals surface area contributed by atoms with Gasteiger partial charge in [-0.2, -0.15) is 0 Å². The summed E-state index contributed by atoms with van der Waals surface area (Å²) in [5.74, 6) is 1.08. The second-order valence-electron chi connectivity index (χ2n) is 5.69. The van der Waals surface area contributed by atoms with Crippen LogP contribution in [0.2, 0.25) is 0 Å². The highest BCUT2D eigenvalue weighted by Crippen LogP contribution is 2.24. The Balaban J connectivity index is 2.15. The number of aromatic nitrogens is 1. The van der Waals surface area contributed by atoms with Crippen LogP contribution in [0.15, 0.2) is 18.3 Å². The molecule has 2 heterocycles. The number of hydrogen-bond donors (Lipinski definition) is 1. The molecule has 1 aliphatic heterocycles. The molecule has 0 saturated carbocycles. The number of anilines is 1. The van der Waals surface area contributed by atoms with Gasteiger partial charge >= 0.3 is 0 Å². The van der Waals surface area contributed by atoms with Gasteiger partial charge in [-0.15, -0.1) is 0 Å². The van der Waals surface area contributed by atoms with Gasteiger partial charge in [0.1, 0.15) is 5.82 Å². The van der Waals surface area contributed by atoms with Crippen LogP contribution in [0, 0.1) is 0 Å². The molecule has 3 nitrogen and oxygen atoms in total. The zero-order valence-corrected chi connectivity index (χ0v) is 12.0. The smallest absolute Gasteiger partial charge is 0.128 e. The highest BCUT2D eigenvalue weighted by Gasteiger charge is 2.18. The average molecular weight is 247 g/mol. The fraction of sp³-hybridized carbons (Fsp3) is 0.667. The summed E-state index contributed by atoms with van der Waals surface area (Å²) >= 11 is 0. The van der Waals surface area contributed by atoms with Crippen LogP contribution in [-0.4, -0.2) is 23.6 Å². The lowest BCUT2D eigenvalue weighted by atomic mass is 10.1. The Labute approximate surface area is 111 Å². The molecular weight excluding hydrogens is 222 g/mol. The molecule has 1 aromatic heterocycles. The van der Waals surface area contributed by atoms with E-state index in [1.807, 2.05) is 6.20 Å². The van der Waals surface area contributed by atoms with Crippen LogP contribution in [0.3, 0.4) is 0 Å². The van der Waals surface area contributed by atoms with Crippen molar-refractivity contribution < 1.29 is 0 Å². The van der Waals surface area contributed by atoms with E-state index in [9.17, 15) is 0 Å². The van der Waals surface area contributed by atoms with Gasteiger partial charge in [0.2, 0.25) is 0 Å². The molecule has 0 aliphatic carbocycles. The predicted octanol–water partition coefficient (Wildman–Crippen LogP) is 3.13. The van der Waals surface area contributed by atoms with Crippen molar-refractivity contribution in [2.75, 3.05) is 11.4 Å². The first-order valence-electron chi connectivity index (χ1n) is 7.07.